The lowest BCUT2D eigenvalue weighted by Gasteiger charge is -2.21. The SMILES string of the molecule is COCCCCNCc1ccccc1N1CCCC1. The van der Waals surface area contributed by atoms with Crippen LogP contribution in [0.4, 0.5) is 5.69 Å². The van der Waals surface area contributed by atoms with Gasteiger partial charge in [0, 0.05) is 39.0 Å². The molecule has 0 aromatic heterocycles. The van der Waals surface area contributed by atoms with Gasteiger partial charge in [-0.25, -0.2) is 0 Å². The molecule has 1 aliphatic heterocycles. The highest BCUT2D eigenvalue weighted by Gasteiger charge is 2.14. The average Bonchev–Trinajstić information content (AvgIpc) is 2.97. The van der Waals surface area contributed by atoms with Crippen molar-refractivity contribution in [2.75, 3.05) is 38.3 Å². The first-order valence-electron chi connectivity index (χ1n) is 7.44. The summed E-state index contributed by atoms with van der Waals surface area (Å²) in [5.41, 5.74) is 2.85. The number of unbranched alkanes of at least 4 members (excludes halogenated alkanes) is 1. The molecule has 0 radical (unpaired) electrons. The zero-order valence-electron chi connectivity index (χ0n) is 12.0. The van der Waals surface area contributed by atoms with Crippen molar-refractivity contribution >= 4 is 5.69 Å². The first-order valence-corrected chi connectivity index (χ1v) is 7.44. The Balaban J connectivity index is 1.79. The molecule has 1 aliphatic rings. The summed E-state index contributed by atoms with van der Waals surface area (Å²) in [6.45, 7) is 5.33. The van der Waals surface area contributed by atoms with Gasteiger partial charge in [0.25, 0.3) is 0 Å². The molecule has 1 saturated heterocycles. The van der Waals surface area contributed by atoms with Crippen molar-refractivity contribution in [3.8, 4) is 0 Å². The lowest BCUT2D eigenvalue weighted by molar-refractivity contribution is 0.192. The Kier molecular flexibility index (Phi) is 6.18. The third-order valence-electron chi connectivity index (χ3n) is 3.71. The van der Waals surface area contributed by atoms with Gasteiger partial charge >= 0.3 is 0 Å². The quantitative estimate of drug-likeness (QED) is 0.729. The van der Waals surface area contributed by atoms with Gasteiger partial charge in [0.2, 0.25) is 0 Å². The topological polar surface area (TPSA) is 24.5 Å². The number of hydrogen-bond acceptors (Lipinski definition) is 3. The van der Waals surface area contributed by atoms with E-state index in [1.165, 1.54) is 43.6 Å². The second kappa shape index (κ2) is 8.18. The molecule has 1 fully saturated rings. The number of nitrogens with one attached hydrogen (secondary N) is 1. The van der Waals surface area contributed by atoms with Crippen molar-refractivity contribution in [3.05, 3.63) is 29.8 Å². The molecule has 0 atom stereocenters. The molecule has 0 amide bonds. The zero-order valence-corrected chi connectivity index (χ0v) is 12.0. The lowest BCUT2D eigenvalue weighted by atomic mass is 10.1. The minimum Gasteiger partial charge on any atom is -0.385 e. The molecule has 19 heavy (non-hydrogen) atoms. The second-order valence-electron chi connectivity index (χ2n) is 5.20. The van der Waals surface area contributed by atoms with Crippen LogP contribution in [0.2, 0.25) is 0 Å². The molecule has 106 valence electrons. The minimum atomic E-state index is 0.867. The maximum atomic E-state index is 5.06. The van der Waals surface area contributed by atoms with Gasteiger partial charge in [-0.1, -0.05) is 18.2 Å². The molecular formula is C16H26N2O. The van der Waals surface area contributed by atoms with Crippen molar-refractivity contribution in [1.82, 2.24) is 5.32 Å². The number of methoxy groups -OCH3 is 1. The smallest absolute Gasteiger partial charge is 0.0462 e. The maximum absolute atomic E-state index is 5.06. The molecule has 1 aromatic rings. The Labute approximate surface area is 116 Å². The molecule has 2 rings (SSSR count). The second-order valence-corrected chi connectivity index (χ2v) is 5.20. The molecule has 0 bridgehead atoms. The highest BCUT2D eigenvalue weighted by atomic mass is 16.5. The number of para-hydroxylation sites is 1. The van der Waals surface area contributed by atoms with Crippen molar-refractivity contribution < 1.29 is 4.74 Å². The highest BCUT2D eigenvalue weighted by Crippen LogP contribution is 2.24. The van der Waals surface area contributed by atoms with E-state index < -0.39 is 0 Å². The summed E-state index contributed by atoms with van der Waals surface area (Å²) in [5.74, 6) is 0. The fourth-order valence-electron chi connectivity index (χ4n) is 2.65. The van der Waals surface area contributed by atoms with Crippen molar-refractivity contribution in [2.24, 2.45) is 0 Å². The number of rotatable bonds is 8. The van der Waals surface area contributed by atoms with E-state index in [2.05, 4.69) is 34.5 Å². The molecular weight excluding hydrogens is 236 g/mol. The van der Waals surface area contributed by atoms with E-state index in [-0.39, 0.29) is 0 Å². The normalized spacial score (nSPS) is 15.1. The van der Waals surface area contributed by atoms with Gasteiger partial charge < -0.3 is 15.0 Å². The number of benzene rings is 1. The van der Waals surface area contributed by atoms with Gasteiger partial charge in [0.1, 0.15) is 0 Å². The Hall–Kier alpha value is -1.06. The van der Waals surface area contributed by atoms with Crippen LogP contribution in [0, 0.1) is 0 Å². The summed E-state index contributed by atoms with van der Waals surface area (Å²) in [7, 11) is 1.76. The van der Waals surface area contributed by atoms with Crippen LogP contribution in [0.5, 0.6) is 0 Å². The summed E-state index contributed by atoms with van der Waals surface area (Å²) in [5, 5.41) is 3.54. The molecule has 3 heteroatoms. The van der Waals surface area contributed by atoms with Crippen LogP contribution in [0.3, 0.4) is 0 Å². The summed E-state index contributed by atoms with van der Waals surface area (Å²) < 4.78 is 5.06. The number of anilines is 1. The number of ether oxygens (including phenoxy) is 1. The fourth-order valence-corrected chi connectivity index (χ4v) is 2.65. The molecule has 1 aromatic carbocycles. The van der Waals surface area contributed by atoms with Crippen LogP contribution >= 0.6 is 0 Å². The van der Waals surface area contributed by atoms with Crippen LogP contribution < -0.4 is 10.2 Å². The van der Waals surface area contributed by atoms with E-state index in [9.17, 15) is 0 Å². The molecule has 1 N–H and O–H groups in total. The van der Waals surface area contributed by atoms with E-state index >= 15 is 0 Å². The summed E-state index contributed by atoms with van der Waals surface area (Å²) in [6.07, 6.45) is 4.98. The third kappa shape index (κ3) is 4.51. The molecule has 0 unspecified atom stereocenters. The van der Waals surface area contributed by atoms with Gasteiger partial charge in [0.15, 0.2) is 0 Å². The van der Waals surface area contributed by atoms with Crippen molar-refractivity contribution in [1.29, 1.82) is 0 Å². The predicted molar refractivity (Wildman–Crippen MR) is 80.7 cm³/mol. The summed E-state index contributed by atoms with van der Waals surface area (Å²) in [6, 6.07) is 8.79. The largest absolute Gasteiger partial charge is 0.385 e. The number of nitrogens with zero attached hydrogens (tertiary/aromatic N) is 1. The van der Waals surface area contributed by atoms with Crippen LogP contribution in [-0.2, 0) is 11.3 Å². The van der Waals surface area contributed by atoms with Crippen molar-refractivity contribution in [2.45, 2.75) is 32.2 Å². The monoisotopic (exact) mass is 262 g/mol. The van der Waals surface area contributed by atoms with E-state index in [1.54, 1.807) is 7.11 Å². The highest BCUT2D eigenvalue weighted by molar-refractivity contribution is 5.54. The maximum Gasteiger partial charge on any atom is 0.0462 e. The third-order valence-corrected chi connectivity index (χ3v) is 3.71. The first-order chi connectivity index (χ1) is 9.42. The summed E-state index contributed by atoms with van der Waals surface area (Å²) in [4.78, 5) is 2.52. The van der Waals surface area contributed by atoms with Gasteiger partial charge in [-0.05, 0) is 43.9 Å². The Morgan fingerprint density at radius 2 is 1.95 bits per heavy atom. The predicted octanol–water partition coefficient (Wildman–Crippen LogP) is 2.80. The summed E-state index contributed by atoms with van der Waals surface area (Å²) >= 11 is 0. The van der Waals surface area contributed by atoms with Crippen molar-refractivity contribution in [3.63, 3.8) is 0 Å². The van der Waals surface area contributed by atoms with E-state index in [1.807, 2.05) is 0 Å². The zero-order chi connectivity index (χ0) is 13.3. The molecule has 0 spiro atoms. The van der Waals surface area contributed by atoms with Crippen LogP contribution in [0.1, 0.15) is 31.2 Å². The van der Waals surface area contributed by atoms with E-state index in [0.717, 1.165) is 26.1 Å². The van der Waals surface area contributed by atoms with Gasteiger partial charge in [-0.15, -0.1) is 0 Å². The van der Waals surface area contributed by atoms with Crippen LogP contribution in [0.25, 0.3) is 0 Å². The van der Waals surface area contributed by atoms with Gasteiger partial charge in [-0.3, -0.25) is 0 Å². The Morgan fingerprint density at radius 3 is 2.74 bits per heavy atom. The molecule has 3 nitrogen and oxygen atoms in total. The van der Waals surface area contributed by atoms with Crippen LogP contribution in [0.15, 0.2) is 24.3 Å². The lowest BCUT2D eigenvalue weighted by Crippen LogP contribution is -2.22. The molecule has 0 aliphatic carbocycles. The fraction of sp³-hybridized carbons (Fsp3) is 0.625. The van der Waals surface area contributed by atoms with E-state index in [4.69, 9.17) is 4.74 Å². The Bertz CT molecular complexity index is 362. The Morgan fingerprint density at radius 1 is 1.16 bits per heavy atom. The standard InChI is InChI=1S/C16H26N2O/c1-19-13-7-4-10-17-14-15-8-2-3-9-16(15)18-11-5-6-12-18/h2-3,8-9,17H,4-7,10-14H2,1H3. The van der Waals surface area contributed by atoms with Gasteiger partial charge in [0.05, 0.1) is 0 Å². The molecule has 0 saturated carbocycles. The molecule has 1 heterocycles. The average molecular weight is 262 g/mol. The first kappa shape index (κ1) is 14.4. The van der Waals surface area contributed by atoms with E-state index in [0.29, 0.717) is 0 Å². The van der Waals surface area contributed by atoms with Gasteiger partial charge in [-0.2, -0.15) is 0 Å². The van der Waals surface area contributed by atoms with Crippen LogP contribution in [-0.4, -0.2) is 33.4 Å². The number of hydrogen-bond donors (Lipinski definition) is 1. The minimum absolute atomic E-state index is 0.867.